The average Bonchev–Trinajstić information content (AvgIpc) is 3.24. The maximum atomic E-state index is 14.6. The summed E-state index contributed by atoms with van der Waals surface area (Å²) in [5.41, 5.74) is 0.219. The van der Waals surface area contributed by atoms with E-state index in [9.17, 15) is 17.2 Å². The third-order valence-corrected chi connectivity index (χ3v) is 6.88. The molecule has 1 aliphatic heterocycles. The highest BCUT2D eigenvalue weighted by Crippen LogP contribution is 2.34. The Morgan fingerprint density at radius 2 is 1.73 bits per heavy atom. The van der Waals surface area contributed by atoms with Crippen LogP contribution in [0, 0.1) is 11.6 Å². The van der Waals surface area contributed by atoms with Crippen LogP contribution in [-0.2, 0) is 10.0 Å². The van der Waals surface area contributed by atoms with Crippen molar-refractivity contribution >= 4 is 21.6 Å². The van der Waals surface area contributed by atoms with Crippen LogP contribution in [0.4, 0.5) is 8.78 Å². The summed E-state index contributed by atoms with van der Waals surface area (Å²) in [7, 11) is -1.62. The number of hydrogen-bond donors (Lipinski definition) is 1. The lowest BCUT2D eigenvalue weighted by molar-refractivity contribution is 0.241. The summed E-state index contributed by atoms with van der Waals surface area (Å²) in [4.78, 5) is 1.39. The largest absolute Gasteiger partial charge is 0.493 e. The Kier molecular flexibility index (Phi) is 7.18. The monoisotopic (exact) mass is 460 g/mol. The molecule has 0 amide bonds. The molecule has 1 saturated heterocycles. The lowest BCUT2D eigenvalue weighted by Crippen LogP contribution is -2.37. The van der Waals surface area contributed by atoms with Gasteiger partial charge < -0.3 is 9.47 Å². The van der Waals surface area contributed by atoms with Crippen molar-refractivity contribution in [1.82, 2.24) is 9.62 Å². The number of nitrogens with zero attached hydrogens (tertiary/aromatic N) is 1. The molecule has 0 aromatic heterocycles. The maximum absolute atomic E-state index is 14.6. The van der Waals surface area contributed by atoms with Crippen molar-refractivity contribution in [2.45, 2.75) is 23.8 Å². The van der Waals surface area contributed by atoms with Crippen LogP contribution >= 0.6 is 11.6 Å². The van der Waals surface area contributed by atoms with Crippen molar-refractivity contribution in [3.05, 3.63) is 52.6 Å². The Hall–Kier alpha value is -1.94. The molecular formula is C20H23ClF2N2O4S. The van der Waals surface area contributed by atoms with E-state index in [1.165, 1.54) is 26.4 Å². The second kappa shape index (κ2) is 9.47. The van der Waals surface area contributed by atoms with Crippen molar-refractivity contribution in [3.63, 3.8) is 0 Å². The first-order chi connectivity index (χ1) is 14.3. The van der Waals surface area contributed by atoms with E-state index in [4.69, 9.17) is 21.1 Å². The molecule has 1 heterocycles. The molecule has 6 nitrogen and oxygen atoms in total. The van der Waals surface area contributed by atoms with Crippen LogP contribution in [-0.4, -0.2) is 47.2 Å². The molecule has 164 valence electrons. The molecule has 0 saturated carbocycles. The summed E-state index contributed by atoms with van der Waals surface area (Å²) in [6, 6.07) is 5.71. The second-order valence-electron chi connectivity index (χ2n) is 6.88. The molecule has 1 N–H and O–H groups in total. The smallest absolute Gasteiger partial charge is 0.243 e. The van der Waals surface area contributed by atoms with Gasteiger partial charge in [-0.2, -0.15) is 0 Å². The third kappa shape index (κ3) is 4.69. The summed E-state index contributed by atoms with van der Waals surface area (Å²) in [5, 5.41) is 0.211. The van der Waals surface area contributed by atoms with Gasteiger partial charge in [-0.05, 0) is 38.1 Å². The van der Waals surface area contributed by atoms with Crippen LogP contribution in [0.2, 0.25) is 5.02 Å². The highest BCUT2D eigenvalue weighted by Gasteiger charge is 2.30. The molecule has 2 aromatic rings. The van der Waals surface area contributed by atoms with E-state index in [2.05, 4.69) is 4.72 Å². The Labute approximate surface area is 179 Å². The predicted octanol–water partition coefficient (Wildman–Crippen LogP) is 3.75. The predicted molar refractivity (Wildman–Crippen MR) is 110 cm³/mol. The first kappa shape index (κ1) is 22.7. The zero-order chi connectivity index (χ0) is 21.9. The Morgan fingerprint density at radius 1 is 1.10 bits per heavy atom. The van der Waals surface area contributed by atoms with Gasteiger partial charge in [0.25, 0.3) is 0 Å². The number of methoxy groups -OCH3 is 2. The van der Waals surface area contributed by atoms with Gasteiger partial charge in [0, 0.05) is 29.3 Å². The van der Waals surface area contributed by atoms with Gasteiger partial charge in [-0.25, -0.2) is 21.9 Å². The number of likely N-dealkylation sites (tertiary alicyclic amines) is 1. The number of nitrogens with one attached hydrogen (secondary N) is 1. The maximum Gasteiger partial charge on any atom is 0.243 e. The van der Waals surface area contributed by atoms with E-state index in [0.29, 0.717) is 13.1 Å². The standard InChI is InChI=1S/C20H23ClF2N2O4S/c1-28-17-10-15(23)19(11-18(17)29-2)30(26,27)24-12-16(25-8-3-4-9-25)20-13(21)6-5-7-14(20)22/h5-7,10-11,16,24H,3-4,8-9,12H2,1-2H3. The van der Waals surface area contributed by atoms with Crippen LogP contribution < -0.4 is 14.2 Å². The molecule has 2 aromatic carbocycles. The second-order valence-corrected chi connectivity index (χ2v) is 9.03. The van der Waals surface area contributed by atoms with Crippen molar-refractivity contribution in [2.24, 2.45) is 0 Å². The zero-order valence-corrected chi connectivity index (χ0v) is 18.2. The van der Waals surface area contributed by atoms with Crippen molar-refractivity contribution in [2.75, 3.05) is 33.9 Å². The number of benzene rings is 2. The van der Waals surface area contributed by atoms with Crippen molar-refractivity contribution in [1.29, 1.82) is 0 Å². The van der Waals surface area contributed by atoms with Gasteiger partial charge in [-0.3, -0.25) is 4.90 Å². The number of sulfonamides is 1. The number of hydrogen-bond acceptors (Lipinski definition) is 5. The molecule has 1 atom stereocenters. The lowest BCUT2D eigenvalue weighted by Gasteiger charge is -2.29. The van der Waals surface area contributed by atoms with E-state index in [1.54, 1.807) is 6.07 Å². The Morgan fingerprint density at radius 3 is 2.33 bits per heavy atom. The normalized spacial score (nSPS) is 15.9. The fraction of sp³-hybridized carbons (Fsp3) is 0.400. The average molecular weight is 461 g/mol. The molecule has 0 bridgehead atoms. The number of halogens is 3. The van der Waals surface area contributed by atoms with E-state index in [-0.39, 0.29) is 28.6 Å². The number of rotatable bonds is 8. The van der Waals surface area contributed by atoms with Gasteiger partial charge in [0.05, 0.1) is 20.3 Å². The summed E-state index contributed by atoms with van der Waals surface area (Å²) in [5.74, 6) is -1.35. The zero-order valence-electron chi connectivity index (χ0n) is 16.6. The van der Waals surface area contributed by atoms with E-state index >= 15 is 0 Å². The minimum atomic E-state index is -4.26. The molecular weight excluding hydrogens is 438 g/mol. The first-order valence-corrected chi connectivity index (χ1v) is 11.2. The molecule has 1 unspecified atom stereocenters. The van der Waals surface area contributed by atoms with Crippen LogP contribution in [0.1, 0.15) is 24.4 Å². The Bertz CT molecular complexity index is 994. The van der Waals surface area contributed by atoms with Gasteiger partial charge in [0.1, 0.15) is 16.5 Å². The molecule has 1 aliphatic rings. The van der Waals surface area contributed by atoms with Gasteiger partial charge >= 0.3 is 0 Å². The fourth-order valence-corrected chi connectivity index (χ4v) is 5.00. The minimum Gasteiger partial charge on any atom is -0.493 e. The van der Waals surface area contributed by atoms with Crippen LogP contribution in [0.3, 0.4) is 0 Å². The van der Waals surface area contributed by atoms with Gasteiger partial charge in [0.2, 0.25) is 10.0 Å². The topological polar surface area (TPSA) is 67.9 Å². The molecule has 30 heavy (non-hydrogen) atoms. The highest BCUT2D eigenvalue weighted by atomic mass is 35.5. The molecule has 0 radical (unpaired) electrons. The third-order valence-electron chi connectivity index (χ3n) is 5.11. The molecule has 10 heteroatoms. The van der Waals surface area contributed by atoms with Crippen molar-refractivity contribution < 1.29 is 26.7 Å². The molecule has 1 fully saturated rings. The van der Waals surface area contributed by atoms with Crippen molar-refractivity contribution in [3.8, 4) is 11.5 Å². The van der Waals surface area contributed by atoms with E-state index < -0.39 is 32.6 Å². The summed E-state index contributed by atoms with van der Waals surface area (Å²) in [6.07, 6.45) is 1.83. The molecule has 3 rings (SSSR count). The summed E-state index contributed by atoms with van der Waals surface area (Å²) >= 11 is 6.23. The number of ether oxygens (including phenoxy) is 2. The van der Waals surface area contributed by atoms with Gasteiger partial charge in [-0.1, -0.05) is 17.7 Å². The highest BCUT2D eigenvalue weighted by molar-refractivity contribution is 7.89. The minimum absolute atomic E-state index is 0.0713. The SMILES string of the molecule is COc1cc(F)c(S(=O)(=O)NCC(c2c(F)cccc2Cl)N2CCCC2)cc1OC. The van der Waals surface area contributed by atoms with Crippen LogP contribution in [0.25, 0.3) is 0 Å². The summed E-state index contributed by atoms with van der Waals surface area (Å²) in [6.45, 7) is 1.19. The van der Waals surface area contributed by atoms with Gasteiger partial charge in [-0.15, -0.1) is 0 Å². The van der Waals surface area contributed by atoms with Gasteiger partial charge in [0.15, 0.2) is 11.5 Å². The van der Waals surface area contributed by atoms with E-state index in [1.807, 2.05) is 4.90 Å². The van der Waals surface area contributed by atoms with Crippen LogP contribution in [0.5, 0.6) is 11.5 Å². The molecule has 0 aliphatic carbocycles. The fourth-order valence-electron chi connectivity index (χ4n) is 3.60. The van der Waals surface area contributed by atoms with E-state index in [0.717, 1.165) is 25.0 Å². The first-order valence-electron chi connectivity index (χ1n) is 9.37. The quantitative estimate of drug-likeness (QED) is 0.649. The summed E-state index contributed by atoms with van der Waals surface area (Å²) < 4.78 is 67.2. The molecule has 0 spiro atoms. The Balaban J connectivity index is 1.92. The van der Waals surface area contributed by atoms with Crippen LogP contribution in [0.15, 0.2) is 35.2 Å². The lowest BCUT2D eigenvalue weighted by atomic mass is 10.0.